The van der Waals surface area contributed by atoms with Crippen LogP contribution in [0.5, 0.6) is 0 Å². The Hall–Kier alpha value is -2.09. The van der Waals surface area contributed by atoms with E-state index in [0.29, 0.717) is 17.7 Å². The molecule has 0 bridgehead atoms. The van der Waals surface area contributed by atoms with E-state index < -0.39 is 17.5 Å². The fourth-order valence-corrected chi connectivity index (χ4v) is 3.74. The van der Waals surface area contributed by atoms with E-state index >= 15 is 0 Å². The lowest BCUT2D eigenvalue weighted by Gasteiger charge is -2.35. The van der Waals surface area contributed by atoms with Crippen molar-refractivity contribution in [3.05, 3.63) is 41.5 Å². The first-order valence-electron chi connectivity index (χ1n) is 9.85. The SMILES string of the molecule is C[C@H](C1CC1)C1(N)C=C(N[C@H](C)C2CC2)NC(c2cccc(C(F)(F)F)n2)=N1. The van der Waals surface area contributed by atoms with Crippen molar-refractivity contribution in [1.82, 2.24) is 15.6 Å². The monoisotopic (exact) mass is 393 g/mol. The molecular formula is C20H26F3N5. The summed E-state index contributed by atoms with van der Waals surface area (Å²) in [6.45, 7) is 4.17. The molecule has 0 amide bonds. The lowest BCUT2D eigenvalue weighted by atomic mass is 9.89. The van der Waals surface area contributed by atoms with Crippen LogP contribution in [-0.4, -0.2) is 22.5 Å². The fraction of sp³-hybridized carbons (Fsp3) is 0.600. The standard InChI is InChI=1S/C20H26F3N5/c1-11(13-6-7-13)19(24)10-17(25-12(2)14-8-9-14)27-18(28-19)15-4-3-5-16(26-15)20(21,22)23/h3-5,10-14,25H,6-9,24H2,1-2H3,(H,27,28)/t11-,12-,19?/m1/s1. The first-order chi connectivity index (χ1) is 13.2. The number of aromatic nitrogens is 1. The predicted molar refractivity (Wildman–Crippen MR) is 101 cm³/mol. The van der Waals surface area contributed by atoms with Gasteiger partial charge in [0.05, 0.1) is 0 Å². The van der Waals surface area contributed by atoms with E-state index in [2.05, 4.69) is 34.5 Å². The molecule has 0 spiro atoms. The van der Waals surface area contributed by atoms with Gasteiger partial charge in [0.25, 0.3) is 0 Å². The molecule has 0 saturated heterocycles. The zero-order valence-electron chi connectivity index (χ0n) is 16.1. The Bertz CT molecular complexity index is 810. The van der Waals surface area contributed by atoms with Crippen LogP contribution in [0.1, 0.15) is 50.9 Å². The lowest BCUT2D eigenvalue weighted by molar-refractivity contribution is -0.141. The molecule has 1 aliphatic heterocycles. The zero-order chi connectivity index (χ0) is 20.1. The highest BCUT2D eigenvalue weighted by atomic mass is 19.4. The van der Waals surface area contributed by atoms with Crippen LogP contribution in [0.15, 0.2) is 35.1 Å². The van der Waals surface area contributed by atoms with Crippen LogP contribution in [0.2, 0.25) is 0 Å². The third-order valence-electron chi connectivity index (χ3n) is 5.99. The summed E-state index contributed by atoms with van der Waals surface area (Å²) < 4.78 is 39.3. The number of nitrogens with one attached hydrogen (secondary N) is 2. The number of halogens is 3. The summed E-state index contributed by atoms with van der Waals surface area (Å²) in [4.78, 5) is 8.41. The molecule has 1 unspecified atom stereocenters. The zero-order valence-corrected chi connectivity index (χ0v) is 16.1. The second kappa shape index (κ2) is 6.76. The molecule has 1 aromatic heterocycles. The highest BCUT2D eigenvalue weighted by molar-refractivity contribution is 5.99. The Labute approximate surface area is 162 Å². The van der Waals surface area contributed by atoms with Gasteiger partial charge in [-0.15, -0.1) is 0 Å². The Morgan fingerprint density at radius 1 is 1.18 bits per heavy atom. The van der Waals surface area contributed by atoms with Gasteiger partial charge in [0.1, 0.15) is 22.9 Å². The average molecular weight is 393 g/mol. The fourth-order valence-electron chi connectivity index (χ4n) is 3.74. The summed E-state index contributed by atoms with van der Waals surface area (Å²) in [6, 6.07) is 4.08. The average Bonchev–Trinajstić information content (AvgIpc) is 3.53. The molecule has 0 radical (unpaired) electrons. The quantitative estimate of drug-likeness (QED) is 0.693. The molecule has 28 heavy (non-hydrogen) atoms. The summed E-state index contributed by atoms with van der Waals surface area (Å²) in [7, 11) is 0. The molecule has 2 heterocycles. The van der Waals surface area contributed by atoms with Crippen LogP contribution >= 0.6 is 0 Å². The highest BCUT2D eigenvalue weighted by Gasteiger charge is 2.43. The third-order valence-corrected chi connectivity index (χ3v) is 5.99. The second-order valence-electron chi connectivity index (χ2n) is 8.33. The molecule has 4 N–H and O–H groups in total. The maximum atomic E-state index is 13.1. The van der Waals surface area contributed by atoms with E-state index in [1.807, 2.05) is 6.08 Å². The molecular weight excluding hydrogens is 367 g/mol. The minimum atomic E-state index is -4.51. The van der Waals surface area contributed by atoms with Crippen molar-refractivity contribution in [3.8, 4) is 0 Å². The summed E-state index contributed by atoms with van der Waals surface area (Å²) >= 11 is 0. The third kappa shape index (κ3) is 4.01. The predicted octanol–water partition coefficient (Wildman–Crippen LogP) is 3.38. The number of nitrogens with zero attached hydrogens (tertiary/aromatic N) is 2. The minimum Gasteiger partial charge on any atom is -0.369 e. The highest BCUT2D eigenvalue weighted by Crippen LogP contribution is 2.43. The van der Waals surface area contributed by atoms with Crippen molar-refractivity contribution in [2.75, 3.05) is 0 Å². The Kier molecular flexibility index (Phi) is 4.64. The Morgan fingerprint density at radius 3 is 2.46 bits per heavy atom. The maximum Gasteiger partial charge on any atom is 0.433 e. The van der Waals surface area contributed by atoms with Gasteiger partial charge in [-0.05, 0) is 62.7 Å². The molecule has 3 aliphatic rings. The number of aliphatic imine (C=N–C) groups is 1. The van der Waals surface area contributed by atoms with Crippen molar-refractivity contribution in [2.45, 2.75) is 57.4 Å². The van der Waals surface area contributed by atoms with Gasteiger partial charge in [0.15, 0.2) is 5.84 Å². The smallest absolute Gasteiger partial charge is 0.369 e. The first kappa shape index (κ1) is 19.2. The van der Waals surface area contributed by atoms with Gasteiger partial charge in [-0.3, -0.25) is 0 Å². The van der Waals surface area contributed by atoms with Crippen molar-refractivity contribution >= 4 is 5.84 Å². The Balaban J connectivity index is 1.66. The topological polar surface area (TPSA) is 75.3 Å². The van der Waals surface area contributed by atoms with E-state index in [1.165, 1.54) is 25.0 Å². The van der Waals surface area contributed by atoms with Gasteiger partial charge in [-0.25, -0.2) is 9.98 Å². The largest absolute Gasteiger partial charge is 0.433 e. The van der Waals surface area contributed by atoms with E-state index in [-0.39, 0.29) is 23.5 Å². The van der Waals surface area contributed by atoms with Crippen LogP contribution in [0.3, 0.4) is 0 Å². The number of hydrogen-bond acceptors (Lipinski definition) is 5. The van der Waals surface area contributed by atoms with E-state index in [4.69, 9.17) is 5.73 Å². The van der Waals surface area contributed by atoms with Crippen LogP contribution in [0.25, 0.3) is 0 Å². The molecule has 8 heteroatoms. The molecule has 1 aromatic rings. The van der Waals surface area contributed by atoms with Gasteiger partial charge >= 0.3 is 6.18 Å². The number of rotatable bonds is 6. The van der Waals surface area contributed by atoms with Gasteiger partial charge < -0.3 is 16.4 Å². The molecule has 4 rings (SSSR count). The van der Waals surface area contributed by atoms with E-state index in [9.17, 15) is 13.2 Å². The van der Waals surface area contributed by atoms with Crippen LogP contribution < -0.4 is 16.4 Å². The van der Waals surface area contributed by atoms with E-state index in [1.54, 1.807) is 0 Å². The lowest BCUT2D eigenvalue weighted by Crippen LogP contribution is -2.52. The van der Waals surface area contributed by atoms with Crippen molar-refractivity contribution in [1.29, 1.82) is 0 Å². The van der Waals surface area contributed by atoms with Crippen LogP contribution in [-0.2, 0) is 6.18 Å². The van der Waals surface area contributed by atoms with Crippen molar-refractivity contribution in [3.63, 3.8) is 0 Å². The number of nitrogens with two attached hydrogens (primary N) is 1. The molecule has 5 nitrogen and oxygen atoms in total. The Morgan fingerprint density at radius 2 is 1.86 bits per heavy atom. The molecule has 2 aliphatic carbocycles. The summed E-state index contributed by atoms with van der Waals surface area (Å²) in [5.74, 6) is 2.15. The van der Waals surface area contributed by atoms with Crippen molar-refractivity contribution in [2.24, 2.45) is 28.5 Å². The van der Waals surface area contributed by atoms with Gasteiger partial charge in [0, 0.05) is 12.0 Å². The maximum absolute atomic E-state index is 13.1. The molecule has 3 atom stereocenters. The molecule has 152 valence electrons. The molecule has 2 saturated carbocycles. The summed E-state index contributed by atoms with van der Waals surface area (Å²) in [5, 5.41) is 6.56. The van der Waals surface area contributed by atoms with Gasteiger partial charge in [-0.2, -0.15) is 13.2 Å². The summed E-state index contributed by atoms with van der Waals surface area (Å²) in [6.07, 6.45) is 1.95. The van der Waals surface area contributed by atoms with Crippen molar-refractivity contribution < 1.29 is 13.2 Å². The minimum absolute atomic E-state index is 0.0865. The van der Waals surface area contributed by atoms with Gasteiger partial charge in [0.2, 0.25) is 0 Å². The normalized spacial score (nSPS) is 27.4. The number of amidine groups is 1. The van der Waals surface area contributed by atoms with Gasteiger partial charge in [-0.1, -0.05) is 13.0 Å². The second-order valence-corrected chi connectivity index (χ2v) is 8.33. The number of hydrogen-bond donors (Lipinski definition) is 3. The molecule has 0 aromatic carbocycles. The summed E-state index contributed by atoms with van der Waals surface area (Å²) in [5.41, 5.74) is 4.87. The van der Waals surface area contributed by atoms with E-state index in [0.717, 1.165) is 18.9 Å². The number of pyridine rings is 1. The van der Waals surface area contributed by atoms with Crippen LogP contribution in [0.4, 0.5) is 13.2 Å². The van der Waals surface area contributed by atoms with Crippen LogP contribution in [0, 0.1) is 17.8 Å². The molecule has 2 fully saturated rings. The number of alkyl halides is 3. The first-order valence-corrected chi connectivity index (χ1v) is 9.85.